The van der Waals surface area contributed by atoms with Crippen molar-refractivity contribution in [3.63, 3.8) is 0 Å². The molecule has 1 aromatic rings. The molecule has 2 aliphatic heterocycles. The number of carboxylic acid groups (broad SMARTS) is 1. The summed E-state index contributed by atoms with van der Waals surface area (Å²) in [7, 11) is 0. The third-order valence-electron chi connectivity index (χ3n) is 5.50. The number of carboxylic acids is 1. The lowest BCUT2D eigenvalue weighted by molar-refractivity contribution is -0.142. The summed E-state index contributed by atoms with van der Waals surface area (Å²) in [5.74, 6) is 0.778. The van der Waals surface area contributed by atoms with Crippen LogP contribution < -0.4 is 0 Å². The van der Waals surface area contributed by atoms with Gasteiger partial charge in [0.05, 0.1) is 6.54 Å². The molecule has 2 saturated heterocycles. The Balaban J connectivity index is 1.57. The first-order chi connectivity index (χ1) is 11.5. The fourth-order valence-electron chi connectivity index (χ4n) is 4.15. The summed E-state index contributed by atoms with van der Waals surface area (Å²) in [6, 6.07) is -0.306. The summed E-state index contributed by atoms with van der Waals surface area (Å²) in [5, 5.41) is 13.5. The van der Waals surface area contributed by atoms with Gasteiger partial charge >= 0.3 is 5.97 Å². The Morgan fingerprint density at radius 1 is 1.38 bits per heavy atom. The number of aliphatic carboxylic acids is 1. The number of hydrogen-bond acceptors (Lipinski definition) is 6. The third kappa shape index (κ3) is 3.62. The Morgan fingerprint density at radius 3 is 2.71 bits per heavy atom. The SMILES string of the molecule is CCCN1CC2(CCN(Cc3nc(CC)no3)CC2)C[C@@H]1C(=O)O. The number of aryl methyl sites for hydroxylation is 1. The first-order valence-electron chi connectivity index (χ1n) is 9.06. The van der Waals surface area contributed by atoms with E-state index in [1.807, 2.05) is 6.92 Å². The zero-order valence-electron chi connectivity index (χ0n) is 14.7. The van der Waals surface area contributed by atoms with Gasteiger partial charge in [-0.05, 0) is 50.7 Å². The van der Waals surface area contributed by atoms with E-state index in [2.05, 4.69) is 26.9 Å². The molecule has 1 atom stereocenters. The molecule has 3 rings (SSSR count). The van der Waals surface area contributed by atoms with Crippen LogP contribution >= 0.6 is 0 Å². The van der Waals surface area contributed by atoms with Crippen LogP contribution in [0.5, 0.6) is 0 Å². The predicted molar refractivity (Wildman–Crippen MR) is 88.5 cm³/mol. The monoisotopic (exact) mass is 336 g/mol. The molecule has 7 nitrogen and oxygen atoms in total. The van der Waals surface area contributed by atoms with Crippen molar-refractivity contribution in [2.24, 2.45) is 5.41 Å². The van der Waals surface area contributed by atoms with Gasteiger partial charge in [0.25, 0.3) is 0 Å². The van der Waals surface area contributed by atoms with Gasteiger partial charge in [-0.2, -0.15) is 4.98 Å². The highest BCUT2D eigenvalue weighted by molar-refractivity contribution is 5.74. The molecule has 2 aliphatic rings. The van der Waals surface area contributed by atoms with E-state index in [-0.39, 0.29) is 11.5 Å². The summed E-state index contributed by atoms with van der Waals surface area (Å²) in [6.45, 7) is 8.56. The quantitative estimate of drug-likeness (QED) is 0.848. The van der Waals surface area contributed by atoms with Crippen LogP contribution in [-0.2, 0) is 17.8 Å². The second-order valence-corrected chi connectivity index (χ2v) is 7.26. The van der Waals surface area contributed by atoms with E-state index in [1.54, 1.807) is 0 Å². The van der Waals surface area contributed by atoms with Gasteiger partial charge in [-0.3, -0.25) is 14.6 Å². The molecule has 2 fully saturated rings. The van der Waals surface area contributed by atoms with Gasteiger partial charge in [0.1, 0.15) is 6.04 Å². The molecule has 0 aromatic carbocycles. The number of nitrogens with zero attached hydrogens (tertiary/aromatic N) is 4. The summed E-state index contributed by atoms with van der Waals surface area (Å²) in [6.07, 6.45) is 4.67. The van der Waals surface area contributed by atoms with Crippen LogP contribution in [-0.4, -0.2) is 63.2 Å². The molecular formula is C17H28N4O3. The average molecular weight is 336 g/mol. The van der Waals surface area contributed by atoms with Crippen molar-refractivity contribution in [2.45, 2.75) is 58.5 Å². The van der Waals surface area contributed by atoms with Crippen LogP contribution in [0, 0.1) is 5.41 Å². The molecule has 24 heavy (non-hydrogen) atoms. The van der Waals surface area contributed by atoms with Crippen molar-refractivity contribution in [1.82, 2.24) is 19.9 Å². The number of likely N-dealkylation sites (tertiary alicyclic amines) is 2. The highest BCUT2D eigenvalue weighted by atomic mass is 16.5. The zero-order chi connectivity index (χ0) is 17.2. The van der Waals surface area contributed by atoms with E-state index in [0.717, 1.165) is 64.1 Å². The van der Waals surface area contributed by atoms with Crippen LogP contribution in [0.25, 0.3) is 0 Å². The Bertz CT molecular complexity index is 566. The fourth-order valence-corrected chi connectivity index (χ4v) is 4.15. The Labute approximate surface area is 143 Å². The van der Waals surface area contributed by atoms with Crippen molar-refractivity contribution in [3.05, 3.63) is 11.7 Å². The molecule has 134 valence electrons. The molecule has 0 unspecified atom stereocenters. The van der Waals surface area contributed by atoms with E-state index < -0.39 is 5.97 Å². The van der Waals surface area contributed by atoms with Gasteiger partial charge in [-0.1, -0.05) is 19.0 Å². The minimum absolute atomic E-state index is 0.165. The van der Waals surface area contributed by atoms with Gasteiger partial charge in [0.15, 0.2) is 5.82 Å². The predicted octanol–water partition coefficient (Wildman–Crippen LogP) is 1.78. The summed E-state index contributed by atoms with van der Waals surface area (Å²) >= 11 is 0. The van der Waals surface area contributed by atoms with Crippen molar-refractivity contribution in [2.75, 3.05) is 26.2 Å². The second-order valence-electron chi connectivity index (χ2n) is 7.26. The minimum Gasteiger partial charge on any atom is -0.480 e. The average Bonchev–Trinajstić information content (AvgIpc) is 3.15. The first-order valence-corrected chi connectivity index (χ1v) is 9.06. The lowest BCUT2D eigenvalue weighted by Crippen LogP contribution is -2.41. The van der Waals surface area contributed by atoms with Gasteiger partial charge in [0, 0.05) is 13.0 Å². The molecule has 0 amide bonds. The molecule has 0 aliphatic carbocycles. The van der Waals surface area contributed by atoms with Crippen molar-refractivity contribution in [3.8, 4) is 0 Å². The van der Waals surface area contributed by atoms with Gasteiger partial charge in [-0.15, -0.1) is 0 Å². The van der Waals surface area contributed by atoms with Crippen LogP contribution in [0.3, 0.4) is 0 Å². The summed E-state index contributed by atoms with van der Waals surface area (Å²) < 4.78 is 5.28. The smallest absolute Gasteiger partial charge is 0.320 e. The van der Waals surface area contributed by atoms with Gasteiger partial charge < -0.3 is 9.63 Å². The summed E-state index contributed by atoms with van der Waals surface area (Å²) in [5.41, 5.74) is 0.165. The number of rotatable bonds is 6. The summed E-state index contributed by atoms with van der Waals surface area (Å²) in [4.78, 5) is 20.5. The van der Waals surface area contributed by atoms with E-state index in [9.17, 15) is 9.90 Å². The van der Waals surface area contributed by atoms with Gasteiger partial charge in [-0.25, -0.2) is 0 Å². The maximum atomic E-state index is 11.6. The lowest BCUT2D eigenvalue weighted by atomic mass is 9.76. The van der Waals surface area contributed by atoms with E-state index in [1.165, 1.54) is 0 Å². The van der Waals surface area contributed by atoms with Crippen molar-refractivity contribution >= 4 is 5.97 Å². The highest BCUT2D eigenvalue weighted by Crippen LogP contribution is 2.43. The molecule has 1 aromatic heterocycles. The molecule has 1 spiro atoms. The topological polar surface area (TPSA) is 82.7 Å². The van der Waals surface area contributed by atoms with Crippen LogP contribution in [0.15, 0.2) is 4.52 Å². The third-order valence-corrected chi connectivity index (χ3v) is 5.50. The minimum atomic E-state index is -0.666. The number of aromatic nitrogens is 2. The van der Waals surface area contributed by atoms with Crippen molar-refractivity contribution < 1.29 is 14.4 Å². The molecule has 7 heteroatoms. The second kappa shape index (κ2) is 7.19. The normalized spacial score (nSPS) is 24.7. The fraction of sp³-hybridized carbons (Fsp3) is 0.824. The molecule has 3 heterocycles. The zero-order valence-corrected chi connectivity index (χ0v) is 14.7. The largest absolute Gasteiger partial charge is 0.480 e. The maximum absolute atomic E-state index is 11.6. The van der Waals surface area contributed by atoms with E-state index in [0.29, 0.717) is 12.4 Å². The number of hydrogen-bond donors (Lipinski definition) is 1. The lowest BCUT2D eigenvalue weighted by Gasteiger charge is -2.38. The maximum Gasteiger partial charge on any atom is 0.320 e. The molecule has 0 bridgehead atoms. The number of piperidine rings is 1. The van der Waals surface area contributed by atoms with Gasteiger partial charge in [0.2, 0.25) is 5.89 Å². The Hall–Kier alpha value is -1.47. The molecule has 0 radical (unpaired) electrons. The first kappa shape index (κ1) is 17.4. The van der Waals surface area contributed by atoms with Crippen LogP contribution in [0.1, 0.15) is 51.2 Å². The number of carbonyl (C=O) groups is 1. The van der Waals surface area contributed by atoms with Crippen molar-refractivity contribution in [1.29, 1.82) is 0 Å². The molecule has 0 saturated carbocycles. The highest BCUT2D eigenvalue weighted by Gasteiger charge is 2.47. The van der Waals surface area contributed by atoms with Crippen LogP contribution in [0.4, 0.5) is 0 Å². The standard InChI is InChI=1S/C17H28N4O3/c1-3-7-21-12-17(10-13(21)16(22)23)5-8-20(9-6-17)11-15-18-14(4-2)19-24-15/h13H,3-12H2,1-2H3,(H,22,23)/t13-/m1/s1. The van der Waals surface area contributed by atoms with Crippen LogP contribution in [0.2, 0.25) is 0 Å². The van der Waals surface area contributed by atoms with E-state index in [4.69, 9.17) is 4.52 Å². The Kier molecular flexibility index (Phi) is 5.20. The Morgan fingerprint density at radius 2 is 2.12 bits per heavy atom. The molecule has 1 N–H and O–H groups in total. The molecular weight excluding hydrogens is 308 g/mol. The van der Waals surface area contributed by atoms with E-state index >= 15 is 0 Å².